The number of aryl methyl sites for hydroxylation is 1. The largest absolute Gasteiger partial charge is 0.366 e. The second-order valence-corrected chi connectivity index (χ2v) is 4.66. The molecule has 1 amide bonds. The van der Waals surface area contributed by atoms with Gasteiger partial charge in [-0.3, -0.25) is 4.79 Å². The predicted molar refractivity (Wildman–Crippen MR) is 77.0 cm³/mol. The lowest BCUT2D eigenvalue weighted by Crippen LogP contribution is -2.11. The number of hydrogen-bond acceptors (Lipinski definition) is 1. The van der Waals surface area contributed by atoms with E-state index in [0.717, 1.165) is 22.0 Å². The third-order valence-electron chi connectivity index (χ3n) is 3.32. The Hall–Kier alpha value is -2.55. The summed E-state index contributed by atoms with van der Waals surface area (Å²) < 4.78 is 0. The van der Waals surface area contributed by atoms with Crippen LogP contribution in [-0.2, 0) is 0 Å². The van der Waals surface area contributed by atoms with Gasteiger partial charge < -0.3 is 10.7 Å². The van der Waals surface area contributed by atoms with Gasteiger partial charge in [0.15, 0.2) is 0 Å². The Morgan fingerprint density at radius 3 is 2.74 bits per heavy atom. The summed E-state index contributed by atoms with van der Waals surface area (Å²) in [4.78, 5) is 14.5. The molecule has 3 aromatic rings. The number of H-pyrrole nitrogens is 1. The second kappa shape index (κ2) is 4.28. The van der Waals surface area contributed by atoms with Crippen LogP contribution in [0.15, 0.2) is 48.7 Å². The van der Waals surface area contributed by atoms with E-state index in [9.17, 15) is 4.79 Å². The molecule has 0 fully saturated rings. The van der Waals surface area contributed by atoms with E-state index in [-0.39, 0.29) is 0 Å². The van der Waals surface area contributed by atoms with E-state index in [1.54, 1.807) is 6.07 Å². The van der Waals surface area contributed by atoms with Crippen LogP contribution in [0, 0.1) is 6.92 Å². The molecule has 0 bridgehead atoms. The minimum atomic E-state index is -0.414. The molecular formula is C16H14N2O. The van der Waals surface area contributed by atoms with E-state index in [0.29, 0.717) is 5.56 Å². The predicted octanol–water partition coefficient (Wildman–Crippen LogP) is 3.24. The summed E-state index contributed by atoms with van der Waals surface area (Å²) in [5.41, 5.74) is 10.2. The molecule has 0 aliphatic rings. The summed E-state index contributed by atoms with van der Waals surface area (Å²) in [6.45, 7) is 2.07. The van der Waals surface area contributed by atoms with Gasteiger partial charge in [0.25, 0.3) is 5.91 Å². The number of benzene rings is 2. The number of nitrogens with two attached hydrogens (primary N) is 1. The zero-order valence-corrected chi connectivity index (χ0v) is 10.6. The van der Waals surface area contributed by atoms with Crippen LogP contribution >= 0.6 is 0 Å². The van der Waals surface area contributed by atoms with Crippen LogP contribution in [0.4, 0.5) is 0 Å². The van der Waals surface area contributed by atoms with Crippen LogP contribution < -0.4 is 5.73 Å². The van der Waals surface area contributed by atoms with Gasteiger partial charge in [-0.05, 0) is 30.2 Å². The number of amides is 1. The summed E-state index contributed by atoms with van der Waals surface area (Å²) in [5, 5.41) is 1.02. The molecular weight excluding hydrogens is 236 g/mol. The van der Waals surface area contributed by atoms with Crippen molar-refractivity contribution in [1.29, 1.82) is 0 Å². The summed E-state index contributed by atoms with van der Waals surface area (Å²) in [7, 11) is 0. The number of carbonyl (C=O) groups excluding carboxylic acids is 1. The van der Waals surface area contributed by atoms with Crippen molar-refractivity contribution in [1.82, 2.24) is 4.98 Å². The Kier molecular flexibility index (Phi) is 2.60. The molecule has 3 nitrogen and oxygen atoms in total. The van der Waals surface area contributed by atoms with E-state index in [1.165, 1.54) is 5.56 Å². The maximum Gasteiger partial charge on any atom is 0.250 e. The van der Waals surface area contributed by atoms with E-state index in [2.05, 4.69) is 30.1 Å². The lowest BCUT2D eigenvalue weighted by Gasteiger charge is -2.07. The van der Waals surface area contributed by atoms with Gasteiger partial charge >= 0.3 is 0 Å². The molecule has 0 saturated heterocycles. The van der Waals surface area contributed by atoms with Crippen LogP contribution in [0.25, 0.3) is 22.0 Å². The van der Waals surface area contributed by atoms with Gasteiger partial charge in [-0.2, -0.15) is 0 Å². The monoisotopic (exact) mass is 250 g/mol. The van der Waals surface area contributed by atoms with Crippen molar-refractivity contribution in [3.05, 3.63) is 59.8 Å². The first-order chi connectivity index (χ1) is 9.16. The summed E-state index contributed by atoms with van der Waals surface area (Å²) >= 11 is 0. The molecule has 1 aromatic heterocycles. The minimum Gasteiger partial charge on any atom is -0.366 e. The van der Waals surface area contributed by atoms with E-state index in [4.69, 9.17) is 5.73 Å². The summed E-state index contributed by atoms with van der Waals surface area (Å²) in [6.07, 6.45) is 1.83. The van der Waals surface area contributed by atoms with E-state index in [1.807, 2.05) is 24.4 Å². The van der Waals surface area contributed by atoms with Gasteiger partial charge in [-0.1, -0.05) is 35.9 Å². The molecule has 3 heteroatoms. The number of hydrogen-bond donors (Lipinski definition) is 2. The number of carbonyl (C=O) groups is 1. The van der Waals surface area contributed by atoms with Crippen molar-refractivity contribution in [3.63, 3.8) is 0 Å². The van der Waals surface area contributed by atoms with Gasteiger partial charge in [-0.25, -0.2) is 0 Å². The second-order valence-electron chi connectivity index (χ2n) is 4.66. The molecule has 0 spiro atoms. The van der Waals surface area contributed by atoms with Crippen LogP contribution in [0.5, 0.6) is 0 Å². The molecule has 0 unspecified atom stereocenters. The summed E-state index contributed by atoms with van der Waals surface area (Å²) in [5.74, 6) is -0.414. The maximum absolute atomic E-state index is 11.4. The number of nitrogens with one attached hydrogen (secondary N) is 1. The topological polar surface area (TPSA) is 58.9 Å². The lowest BCUT2D eigenvalue weighted by atomic mass is 9.98. The van der Waals surface area contributed by atoms with Gasteiger partial charge in [0.2, 0.25) is 0 Å². The Bertz CT molecular complexity index is 771. The van der Waals surface area contributed by atoms with Gasteiger partial charge in [0, 0.05) is 11.6 Å². The van der Waals surface area contributed by atoms with E-state index >= 15 is 0 Å². The number of rotatable bonds is 2. The molecule has 3 rings (SSSR count). The van der Waals surface area contributed by atoms with Crippen LogP contribution in [-0.4, -0.2) is 10.9 Å². The quantitative estimate of drug-likeness (QED) is 0.720. The van der Waals surface area contributed by atoms with Crippen molar-refractivity contribution in [3.8, 4) is 11.1 Å². The Morgan fingerprint density at radius 1 is 1.16 bits per heavy atom. The van der Waals surface area contributed by atoms with Gasteiger partial charge in [-0.15, -0.1) is 0 Å². The molecule has 94 valence electrons. The zero-order valence-electron chi connectivity index (χ0n) is 10.6. The molecule has 0 saturated carbocycles. The normalized spacial score (nSPS) is 10.8. The highest BCUT2D eigenvalue weighted by Gasteiger charge is 2.11. The van der Waals surface area contributed by atoms with Crippen molar-refractivity contribution < 1.29 is 4.79 Å². The molecule has 0 radical (unpaired) electrons. The Morgan fingerprint density at radius 2 is 2.00 bits per heavy atom. The van der Waals surface area contributed by atoms with Crippen molar-refractivity contribution in [2.75, 3.05) is 0 Å². The number of fused-ring (bicyclic) bond motifs is 1. The minimum absolute atomic E-state index is 0.414. The maximum atomic E-state index is 11.4. The fraction of sp³-hybridized carbons (Fsp3) is 0.0625. The number of aromatic amines is 1. The third kappa shape index (κ3) is 1.89. The lowest BCUT2D eigenvalue weighted by molar-refractivity contribution is 0.100. The van der Waals surface area contributed by atoms with Crippen LogP contribution in [0.3, 0.4) is 0 Å². The average molecular weight is 250 g/mol. The number of aromatic nitrogens is 1. The smallest absolute Gasteiger partial charge is 0.250 e. The van der Waals surface area contributed by atoms with Crippen LogP contribution in [0.2, 0.25) is 0 Å². The molecule has 0 aliphatic carbocycles. The van der Waals surface area contributed by atoms with E-state index < -0.39 is 5.91 Å². The Labute approximate surface area is 111 Å². The highest BCUT2D eigenvalue weighted by atomic mass is 16.1. The van der Waals surface area contributed by atoms with Gasteiger partial charge in [0.1, 0.15) is 0 Å². The third-order valence-corrected chi connectivity index (χ3v) is 3.32. The van der Waals surface area contributed by atoms with Gasteiger partial charge in [0.05, 0.1) is 11.1 Å². The average Bonchev–Trinajstić information content (AvgIpc) is 2.86. The van der Waals surface area contributed by atoms with Crippen molar-refractivity contribution in [2.45, 2.75) is 6.92 Å². The highest BCUT2D eigenvalue weighted by Crippen LogP contribution is 2.30. The van der Waals surface area contributed by atoms with Crippen molar-refractivity contribution in [2.24, 2.45) is 5.73 Å². The first-order valence-electron chi connectivity index (χ1n) is 6.14. The summed E-state index contributed by atoms with van der Waals surface area (Å²) in [6, 6.07) is 14.0. The molecule has 0 atom stereocenters. The zero-order chi connectivity index (χ0) is 13.4. The fourth-order valence-corrected chi connectivity index (χ4v) is 2.43. The fourth-order valence-electron chi connectivity index (χ4n) is 2.43. The SMILES string of the molecule is Cc1cccc(-c2ccc(C(N)=O)c3[nH]ccc23)c1. The Balaban J connectivity index is 2.29. The standard InChI is InChI=1S/C16H14N2O/c1-10-3-2-4-11(9-10)12-5-6-14(16(17)19)15-13(12)7-8-18-15/h2-9,18H,1H3,(H2,17,19). The molecule has 1 heterocycles. The van der Waals surface area contributed by atoms with Crippen LogP contribution in [0.1, 0.15) is 15.9 Å². The molecule has 19 heavy (non-hydrogen) atoms. The first kappa shape index (κ1) is 11.5. The highest BCUT2D eigenvalue weighted by molar-refractivity contribution is 6.09. The van der Waals surface area contributed by atoms with Crippen molar-refractivity contribution >= 4 is 16.8 Å². The first-order valence-corrected chi connectivity index (χ1v) is 6.14. The molecule has 0 aliphatic heterocycles. The molecule has 3 N–H and O–H groups in total. The molecule has 2 aromatic carbocycles. The number of primary amides is 1.